The maximum atomic E-state index is 13.9. The molecule has 0 atom stereocenters. The van der Waals surface area contributed by atoms with Crippen molar-refractivity contribution in [3.8, 4) is 11.1 Å². The Labute approximate surface area is 227 Å². The highest BCUT2D eigenvalue weighted by atomic mass is 16.4. The summed E-state index contributed by atoms with van der Waals surface area (Å²) in [5.74, 6) is -1.36. The molecule has 0 spiro atoms. The van der Waals surface area contributed by atoms with Crippen LogP contribution in [-0.2, 0) is 24.3 Å². The zero-order valence-electron chi connectivity index (χ0n) is 21.5. The predicted molar refractivity (Wildman–Crippen MR) is 148 cm³/mol. The lowest BCUT2D eigenvalue weighted by molar-refractivity contribution is -0.137. The van der Waals surface area contributed by atoms with Crippen LogP contribution in [0.1, 0.15) is 43.8 Å². The summed E-state index contributed by atoms with van der Waals surface area (Å²) in [4.78, 5) is 46.5. The maximum Gasteiger partial charge on any atom is 0.305 e. The van der Waals surface area contributed by atoms with Crippen molar-refractivity contribution in [3.63, 3.8) is 0 Å². The summed E-state index contributed by atoms with van der Waals surface area (Å²) in [6.45, 7) is 1.43. The van der Waals surface area contributed by atoms with Crippen molar-refractivity contribution in [2.75, 3.05) is 13.1 Å². The van der Waals surface area contributed by atoms with Crippen LogP contribution < -0.4 is 0 Å². The number of hydrogen-bond donors (Lipinski definition) is 1. The molecule has 0 saturated carbocycles. The number of carbonyl (C=O) groups excluding carboxylic acids is 2. The lowest BCUT2D eigenvalue weighted by atomic mass is 9.93. The summed E-state index contributed by atoms with van der Waals surface area (Å²) >= 11 is 0. The van der Waals surface area contributed by atoms with Crippen molar-refractivity contribution in [1.82, 2.24) is 14.8 Å². The quantitative estimate of drug-likeness (QED) is 0.351. The number of fused-ring (bicyclic) bond motifs is 1. The lowest BCUT2D eigenvalue weighted by Gasteiger charge is -2.30. The van der Waals surface area contributed by atoms with Gasteiger partial charge in [0.2, 0.25) is 0 Å². The number of aromatic nitrogens is 1. The third kappa shape index (κ3) is 5.88. The molecule has 0 bridgehead atoms. The topological polar surface area (TPSA) is 90.8 Å². The van der Waals surface area contributed by atoms with Gasteiger partial charge in [0, 0.05) is 49.7 Å². The van der Waals surface area contributed by atoms with Gasteiger partial charge < -0.3 is 14.9 Å². The molecule has 1 N–H and O–H groups in total. The van der Waals surface area contributed by atoms with E-state index >= 15 is 0 Å². The molecular weight excluding hydrogens is 490 g/mol. The summed E-state index contributed by atoms with van der Waals surface area (Å²) in [6, 6.07) is 26.4. The monoisotopic (exact) mass is 519 g/mol. The summed E-state index contributed by atoms with van der Waals surface area (Å²) in [6.07, 6.45) is 3.93. The van der Waals surface area contributed by atoms with Gasteiger partial charge in [-0.05, 0) is 52.4 Å². The smallest absolute Gasteiger partial charge is 0.305 e. The zero-order valence-corrected chi connectivity index (χ0v) is 21.5. The predicted octanol–water partition coefficient (Wildman–Crippen LogP) is 5.06. The highest BCUT2D eigenvalue weighted by Gasteiger charge is 2.26. The molecular formula is C32H29N3O4. The first-order chi connectivity index (χ1) is 19.0. The van der Waals surface area contributed by atoms with Gasteiger partial charge in [0.1, 0.15) is 0 Å². The van der Waals surface area contributed by atoms with Gasteiger partial charge in [0.25, 0.3) is 11.8 Å². The summed E-state index contributed by atoms with van der Waals surface area (Å²) in [5.41, 5.74) is 5.46. The average Bonchev–Trinajstić information content (AvgIpc) is 2.98. The maximum absolute atomic E-state index is 13.9. The van der Waals surface area contributed by atoms with E-state index in [1.165, 1.54) is 10.5 Å². The number of carboxylic acid groups (broad SMARTS) is 1. The van der Waals surface area contributed by atoms with Crippen molar-refractivity contribution in [1.29, 1.82) is 0 Å². The molecule has 2 heterocycles. The van der Waals surface area contributed by atoms with E-state index < -0.39 is 5.97 Å². The SMILES string of the molecule is O=C(O)CCN(Cc1cccnc1)C(=O)c1ccccc1-c1ccccc1C(=O)N1CCc2ccccc2C1. The van der Waals surface area contributed by atoms with Gasteiger partial charge in [0.15, 0.2) is 0 Å². The van der Waals surface area contributed by atoms with Crippen molar-refractivity contribution in [3.05, 3.63) is 125 Å². The second-order valence-corrected chi connectivity index (χ2v) is 9.57. The fourth-order valence-corrected chi connectivity index (χ4v) is 5.01. The Morgan fingerprint density at radius 1 is 0.821 bits per heavy atom. The highest BCUT2D eigenvalue weighted by molar-refractivity contribution is 6.06. The Bertz CT molecular complexity index is 1500. The molecule has 2 amide bonds. The minimum Gasteiger partial charge on any atom is -0.481 e. The Hall–Kier alpha value is -4.78. The number of rotatable bonds is 8. The number of carboxylic acids is 1. The first-order valence-corrected chi connectivity index (χ1v) is 13.0. The van der Waals surface area contributed by atoms with E-state index in [1.807, 2.05) is 53.4 Å². The number of carbonyl (C=O) groups is 3. The molecule has 3 aromatic carbocycles. The summed E-state index contributed by atoms with van der Waals surface area (Å²) < 4.78 is 0. The molecule has 0 radical (unpaired) electrons. The first kappa shape index (κ1) is 25.9. The standard InChI is InChI=1S/C32H29N3O4/c36-30(37)16-19-34(21-23-8-7-17-33-20-23)31(38)28-13-5-3-11-26(28)27-12-4-6-14-29(27)32(39)35-18-15-24-9-1-2-10-25(24)22-35/h1-14,17,20H,15-16,18-19,21-22H2,(H,36,37). The fraction of sp³-hybridized carbons (Fsp3) is 0.188. The average molecular weight is 520 g/mol. The Morgan fingerprint density at radius 3 is 2.21 bits per heavy atom. The number of pyridine rings is 1. The molecule has 1 aromatic heterocycles. The molecule has 0 aliphatic carbocycles. The summed E-state index contributed by atoms with van der Waals surface area (Å²) in [5, 5.41) is 9.30. The molecule has 0 fully saturated rings. The van der Waals surface area contributed by atoms with E-state index in [4.69, 9.17) is 0 Å². The van der Waals surface area contributed by atoms with Crippen LogP contribution in [0.15, 0.2) is 97.3 Å². The molecule has 39 heavy (non-hydrogen) atoms. The zero-order chi connectivity index (χ0) is 27.2. The van der Waals surface area contributed by atoms with Crippen LogP contribution in [0, 0.1) is 0 Å². The van der Waals surface area contributed by atoms with Crippen LogP contribution in [0.3, 0.4) is 0 Å². The molecule has 0 unspecified atom stereocenters. The number of hydrogen-bond acceptors (Lipinski definition) is 4. The number of aliphatic carboxylic acids is 1. The number of amides is 2. The molecule has 1 aliphatic rings. The van der Waals surface area contributed by atoms with Gasteiger partial charge in [-0.2, -0.15) is 0 Å². The van der Waals surface area contributed by atoms with E-state index in [1.54, 1.807) is 36.7 Å². The van der Waals surface area contributed by atoms with Crippen molar-refractivity contribution in [2.24, 2.45) is 0 Å². The highest BCUT2D eigenvalue weighted by Crippen LogP contribution is 2.30. The first-order valence-electron chi connectivity index (χ1n) is 13.0. The van der Waals surface area contributed by atoms with Crippen molar-refractivity contribution >= 4 is 17.8 Å². The van der Waals surface area contributed by atoms with E-state index in [0.29, 0.717) is 35.3 Å². The van der Waals surface area contributed by atoms with Crippen LogP contribution in [0.2, 0.25) is 0 Å². The second kappa shape index (κ2) is 11.7. The fourth-order valence-electron chi connectivity index (χ4n) is 5.01. The molecule has 0 saturated heterocycles. The third-order valence-electron chi connectivity index (χ3n) is 7.00. The Balaban J connectivity index is 1.48. The molecule has 7 nitrogen and oxygen atoms in total. The van der Waals surface area contributed by atoms with Gasteiger partial charge in [-0.3, -0.25) is 19.4 Å². The van der Waals surface area contributed by atoms with Crippen LogP contribution in [0.25, 0.3) is 11.1 Å². The van der Waals surface area contributed by atoms with Crippen LogP contribution in [-0.4, -0.2) is 50.8 Å². The van der Waals surface area contributed by atoms with Crippen LogP contribution in [0.4, 0.5) is 0 Å². The number of benzene rings is 3. The van der Waals surface area contributed by atoms with E-state index in [9.17, 15) is 19.5 Å². The normalized spacial score (nSPS) is 12.5. The van der Waals surface area contributed by atoms with Gasteiger partial charge >= 0.3 is 5.97 Å². The van der Waals surface area contributed by atoms with Crippen molar-refractivity contribution in [2.45, 2.75) is 25.9 Å². The summed E-state index contributed by atoms with van der Waals surface area (Å²) in [7, 11) is 0. The lowest BCUT2D eigenvalue weighted by Crippen LogP contribution is -2.36. The largest absolute Gasteiger partial charge is 0.481 e. The Morgan fingerprint density at radius 2 is 1.49 bits per heavy atom. The van der Waals surface area contributed by atoms with Gasteiger partial charge in [-0.15, -0.1) is 0 Å². The minimum atomic E-state index is -0.980. The second-order valence-electron chi connectivity index (χ2n) is 9.57. The minimum absolute atomic E-state index is 0.0468. The van der Waals surface area contributed by atoms with E-state index in [-0.39, 0.29) is 31.3 Å². The van der Waals surface area contributed by atoms with E-state index in [0.717, 1.165) is 17.5 Å². The molecule has 196 valence electrons. The molecule has 1 aliphatic heterocycles. The molecule has 4 aromatic rings. The number of nitrogens with zero attached hydrogens (tertiary/aromatic N) is 3. The Kier molecular flexibility index (Phi) is 7.78. The van der Waals surface area contributed by atoms with Gasteiger partial charge in [0.05, 0.1) is 6.42 Å². The van der Waals surface area contributed by atoms with Crippen molar-refractivity contribution < 1.29 is 19.5 Å². The molecule has 5 rings (SSSR count). The van der Waals surface area contributed by atoms with Gasteiger partial charge in [-0.1, -0.05) is 66.7 Å². The third-order valence-corrected chi connectivity index (χ3v) is 7.00. The van der Waals surface area contributed by atoms with Crippen LogP contribution >= 0.6 is 0 Å². The van der Waals surface area contributed by atoms with Crippen LogP contribution in [0.5, 0.6) is 0 Å². The van der Waals surface area contributed by atoms with Gasteiger partial charge in [-0.25, -0.2) is 0 Å². The molecule has 7 heteroatoms. The van der Waals surface area contributed by atoms with E-state index in [2.05, 4.69) is 17.1 Å².